The standard InChI is InChI=1S/C15H25N3O2/c1-11(15-13(19)5-4-6-14(15)20)16-9-12-10-17(2)7-8-18(12)3/h4-6,11-12,16,19-20H,7-10H2,1-3H3. The van der Waals surface area contributed by atoms with Crippen molar-refractivity contribution >= 4 is 0 Å². The van der Waals surface area contributed by atoms with Crippen LogP contribution in [0.25, 0.3) is 0 Å². The van der Waals surface area contributed by atoms with Crippen molar-refractivity contribution in [1.29, 1.82) is 0 Å². The van der Waals surface area contributed by atoms with Crippen molar-refractivity contribution in [3.8, 4) is 11.5 Å². The number of benzene rings is 1. The fraction of sp³-hybridized carbons (Fsp3) is 0.600. The highest BCUT2D eigenvalue weighted by Gasteiger charge is 2.23. The summed E-state index contributed by atoms with van der Waals surface area (Å²) in [4.78, 5) is 4.68. The van der Waals surface area contributed by atoms with E-state index in [0.717, 1.165) is 26.2 Å². The van der Waals surface area contributed by atoms with Crippen molar-refractivity contribution in [2.45, 2.75) is 19.0 Å². The summed E-state index contributed by atoms with van der Waals surface area (Å²) in [6.07, 6.45) is 0. The zero-order valence-electron chi connectivity index (χ0n) is 12.5. The summed E-state index contributed by atoms with van der Waals surface area (Å²) >= 11 is 0. The lowest BCUT2D eigenvalue weighted by Crippen LogP contribution is -2.53. The number of nitrogens with zero attached hydrogens (tertiary/aromatic N) is 2. The molecule has 5 nitrogen and oxygen atoms in total. The van der Waals surface area contributed by atoms with Gasteiger partial charge in [0.25, 0.3) is 0 Å². The molecular formula is C15H25N3O2. The molecule has 1 fully saturated rings. The minimum atomic E-state index is -0.0863. The summed E-state index contributed by atoms with van der Waals surface area (Å²) in [5.74, 6) is 0.276. The second kappa shape index (κ2) is 6.43. The van der Waals surface area contributed by atoms with Gasteiger partial charge >= 0.3 is 0 Å². The molecule has 0 radical (unpaired) electrons. The summed E-state index contributed by atoms with van der Waals surface area (Å²) in [5.41, 5.74) is 0.569. The first-order valence-corrected chi connectivity index (χ1v) is 7.12. The number of hydrogen-bond acceptors (Lipinski definition) is 5. The lowest BCUT2D eigenvalue weighted by Gasteiger charge is -2.38. The van der Waals surface area contributed by atoms with Crippen LogP contribution in [-0.2, 0) is 0 Å². The monoisotopic (exact) mass is 279 g/mol. The third kappa shape index (κ3) is 3.42. The van der Waals surface area contributed by atoms with Crippen molar-refractivity contribution in [3.05, 3.63) is 23.8 Å². The Kier molecular flexibility index (Phi) is 4.86. The molecule has 0 aromatic heterocycles. The average molecular weight is 279 g/mol. The Morgan fingerprint density at radius 3 is 2.55 bits per heavy atom. The lowest BCUT2D eigenvalue weighted by molar-refractivity contribution is 0.111. The molecule has 20 heavy (non-hydrogen) atoms. The maximum absolute atomic E-state index is 9.87. The van der Waals surface area contributed by atoms with E-state index in [1.165, 1.54) is 0 Å². The lowest BCUT2D eigenvalue weighted by atomic mass is 10.1. The molecule has 0 bridgehead atoms. The Morgan fingerprint density at radius 2 is 1.90 bits per heavy atom. The highest BCUT2D eigenvalue weighted by molar-refractivity contribution is 5.44. The van der Waals surface area contributed by atoms with Crippen molar-refractivity contribution in [1.82, 2.24) is 15.1 Å². The normalized spacial score (nSPS) is 22.9. The second-order valence-corrected chi connectivity index (χ2v) is 5.74. The first-order valence-electron chi connectivity index (χ1n) is 7.12. The quantitative estimate of drug-likeness (QED) is 0.767. The van der Waals surface area contributed by atoms with E-state index in [-0.39, 0.29) is 17.5 Å². The van der Waals surface area contributed by atoms with Crippen LogP contribution in [-0.4, -0.2) is 66.3 Å². The largest absolute Gasteiger partial charge is 0.507 e. The van der Waals surface area contributed by atoms with Gasteiger partial charge in [0, 0.05) is 38.3 Å². The zero-order chi connectivity index (χ0) is 14.7. The summed E-state index contributed by atoms with van der Waals surface area (Å²) in [7, 11) is 4.28. The summed E-state index contributed by atoms with van der Waals surface area (Å²) in [6.45, 7) is 5.99. The number of nitrogens with one attached hydrogen (secondary N) is 1. The SMILES string of the molecule is CC(NCC1CN(C)CCN1C)c1c(O)cccc1O. The van der Waals surface area contributed by atoms with Gasteiger partial charge in [-0.1, -0.05) is 6.07 Å². The molecule has 1 heterocycles. The van der Waals surface area contributed by atoms with E-state index in [1.54, 1.807) is 18.2 Å². The van der Waals surface area contributed by atoms with E-state index in [0.29, 0.717) is 11.6 Å². The molecule has 1 aromatic rings. The minimum Gasteiger partial charge on any atom is -0.507 e. The van der Waals surface area contributed by atoms with Crippen molar-refractivity contribution < 1.29 is 10.2 Å². The van der Waals surface area contributed by atoms with Gasteiger partial charge < -0.3 is 20.4 Å². The zero-order valence-corrected chi connectivity index (χ0v) is 12.5. The van der Waals surface area contributed by atoms with Gasteiger partial charge in [-0.05, 0) is 33.2 Å². The van der Waals surface area contributed by atoms with Crippen LogP contribution >= 0.6 is 0 Å². The van der Waals surface area contributed by atoms with E-state index in [2.05, 4.69) is 29.2 Å². The molecule has 3 N–H and O–H groups in total. The van der Waals surface area contributed by atoms with Gasteiger partial charge in [0.2, 0.25) is 0 Å². The van der Waals surface area contributed by atoms with Crippen LogP contribution < -0.4 is 5.32 Å². The van der Waals surface area contributed by atoms with Crippen molar-refractivity contribution in [2.75, 3.05) is 40.3 Å². The van der Waals surface area contributed by atoms with Crippen molar-refractivity contribution in [3.63, 3.8) is 0 Å². The molecule has 1 aliphatic heterocycles. The van der Waals surface area contributed by atoms with Crippen LogP contribution in [0.5, 0.6) is 11.5 Å². The van der Waals surface area contributed by atoms with Crippen LogP contribution in [0.2, 0.25) is 0 Å². The number of likely N-dealkylation sites (N-methyl/N-ethyl adjacent to an activating group) is 2. The summed E-state index contributed by atoms with van der Waals surface area (Å²) < 4.78 is 0. The summed E-state index contributed by atoms with van der Waals surface area (Å²) in [6, 6.07) is 5.22. The molecule has 0 aliphatic carbocycles. The molecule has 2 unspecified atom stereocenters. The van der Waals surface area contributed by atoms with Crippen molar-refractivity contribution in [2.24, 2.45) is 0 Å². The van der Waals surface area contributed by atoms with E-state index < -0.39 is 0 Å². The molecule has 5 heteroatoms. The van der Waals surface area contributed by atoms with Gasteiger partial charge in [-0.2, -0.15) is 0 Å². The number of piperazine rings is 1. The smallest absolute Gasteiger partial charge is 0.124 e. The Balaban J connectivity index is 1.96. The highest BCUT2D eigenvalue weighted by atomic mass is 16.3. The topological polar surface area (TPSA) is 59.0 Å². The molecule has 1 aliphatic rings. The highest BCUT2D eigenvalue weighted by Crippen LogP contribution is 2.32. The van der Waals surface area contributed by atoms with Crippen LogP contribution in [0.15, 0.2) is 18.2 Å². The van der Waals surface area contributed by atoms with Gasteiger partial charge in [-0.25, -0.2) is 0 Å². The molecule has 1 aromatic carbocycles. The van der Waals surface area contributed by atoms with E-state index in [4.69, 9.17) is 0 Å². The van der Waals surface area contributed by atoms with Gasteiger partial charge in [-0.3, -0.25) is 4.90 Å². The molecule has 0 spiro atoms. The maximum Gasteiger partial charge on any atom is 0.124 e. The first kappa shape index (κ1) is 15.1. The van der Waals surface area contributed by atoms with E-state index in [1.807, 2.05) is 6.92 Å². The third-order valence-electron chi connectivity index (χ3n) is 4.13. The Hall–Kier alpha value is -1.30. The maximum atomic E-state index is 9.87. The van der Waals surface area contributed by atoms with Crippen LogP contribution in [0.1, 0.15) is 18.5 Å². The van der Waals surface area contributed by atoms with Gasteiger partial charge in [-0.15, -0.1) is 0 Å². The predicted octanol–water partition coefficient (Wildman–Crippen LogP) is 0.994. The predicted molar refractivity (Wildman–Crippen MR) is 80.1 cm³/mol. The number of aromatic hydroxyl groups is 2. The third-order valence-corrected chi connectivity index (χ3v) is 4.13. The van der Waals surface area contributed by atoms with Gasteiger partial charge in [0.1, 0.15) is 11.5 Å². The molecule has 2 rings (SSSR count). The fourth-order valence-corrected chi connectivity index (χ4v) is 2.72. The number of phenolic OH excluding ortho intramolecular Hbond substituents is 2. The molecular weight excluding hydrogens is 254 g/mol. The van der Waals surface area contributed by atoms with Gasteiger partial charge in [0.15, 0.2) is 0 Å². The van der Waals surface area contributed by atoms with Crippen LogP contribution in [0.4, 0.5) is 0 Å². The average Bonchev–Trinajstić information content (AvgIpc) is 2.39. The first-order chi connectivity index (χ1) is 9.49. The van der Waals surface area contributed by atoms with Crippen LogP contribution in [0, 0.1) is 0 Å². The Bertz CT molecular complexity index is 432. The Labute approximate surface area is 120 Å². The molecule has 0 amide bonds. The number of phenols is 2. The van der Waals surface area contributed by atoms with Crippen LogP contribution in [0.3, 0.4) is 0 Å². The minimum absolute atomic E-state index is 0.0863. The molecule has 1 saturated heterocycles. The molecule has 2 atom stereocenters. The number of rotatable bonds is 4. The fourth-order valence-electron chi connectivity index (χ4n) is 2.72. The number of hydrogen-bond donors (Lipinski definition) is 3. The van der Waals surface area contributed by atoms with Gasteiger partial charge in [0.05, 0.1) is 5.56 Å². The molecule has 0 saturated carbocycles. The van der Waals surface area contributed by atoms with E-state index in [9.17, 15) is 10.2 Å². The van der Waals surface area contributed by atoms with E-state index >= 15 is 0 Å². The summed E-state index contributed by atoms with van der Waals surface area (Å²) in [5, 5.41) is 23.2. The Morgan fingerprint density at radius 1 is 1.25 bits per heavy atom. The molecule has 112 valence electrons. The second-order valence-electron chi connectivity index (χ2n) is 5.74.